The Bertz CT molecular complexity index is 1220. The number of aryl methyl sites for hydroxylation is 1. The SMILES string of the molecule is Cc1ccc(NC(=O)C2=CC=CN3CCS(=O)(=O)N=C23)cc1S(=O)(=O)N1CCCCCC1. The Hall–Kier alpha value is -2.50. The van der Waals surface area contributed by atoms with Gasteiger partial charge in [0.25, 0.3) is 15.9 Å². The maximum absolute atomic E-state index is 13.3. The molecule has 9 nitrogen and oxygen atoms in total. The van der Waals surface area contributed by atoms with E-state index >= 15 is 0 Å². The van der Waals surface area contributed by atoms with Crippen molar-refractivity contribution in [3.8, 4) is 0 Å². The van der Waals surface area contributed by atoms with Gasteiger partial charge in [0.1, 0.15) is 0 Å². The fourth-order valence-electron chi connectivity index (χ4n) is 3.97. The first-order valence-electron chi connectivity index (χ1n) is 10.6. The van der Waals surface area contributed by atoms with Gasteiger partial charge in [0.15, 0.2) is 5.84 Å². The van der Waals surface area contributed by atoms with Crippen molar-refractivity contribution < 1.29 is 21.6 Å². The summed E-state index contributed by atoms with van der Waals surface area (Å²) in [6.45, 7) is 2.92. The van der Waals surface area contributed by atoms with Crippen LogP contribution in [0.1, 0.15) is 31.2 Å². The molecule has 1 N–H and O–H groups in total. The van der Waals surface area contributed by atoms with Crippen LogP contribution in [0.25, 0.3) is 0 Å². The number of fused-ring (bicyclic) bond motifs is 1. The van der Waals surface area contributed by atoms with E-state index in [0.29, 0.717) is 24.3 Å². The first kappa shape index (κ1) is 22.7. The van der Waals surface area contributed by atoms with E-state index in [1.165, 1.54) is 16.4 Å². The van der Waals surface area contributed by atoms with E-state index in [-0.39, 0.29) is 28.6 Å². The first-order chi connectivity index (χ1) is 15.2. The van der Waals surface area contributed by atoms with E-state index in [1.54, 1.807) is 36.2 Å². The molecule has 1 fully saturated rings. The Morgan fingerprint density at radius 3 is 2.53 bits per heavy atom. The van der Waals surface area contributed by atoms with E-state index < -0.39 is 26.0 Å². The third-order valence-corrected chi connectivity index (χ3v) is 8.92. The maximum Gasteiger partial charge on any atom is 0.259 e. The lowest BCUT2D eigenvalue weighted by molar-refractivity contribution is -0.112. The Morgan fingerprint density at radius 1 is 1.09 bits per heavy atom. The molecule has 0 bridgehead atoms. The molecule has 0 aromatic heterocycles. The molecule has 0 unspecified atom stereocenters. The van der Waals surface area contributed by atoms with Crippen LogP contribution >= 0.6 is 0 Å². The third kappa shape index (κ3) is 4.64. The van der Waals surface area contributed by atoms with Crippen molar-refractivity contribution >= 4 is 37.5 Å². The predicted octanol–water partition coefficient (Wildman–Crippen LogP) is 2.00. The minimum absolute atomic E-state index is 0.0702. The molecular weight excluding hydrogens is 452 g/mol. The van der Waals surface area contributed by atoms with Gasteiger partial charge in [0.05, 0.1) is 16.2 Å². The zero-order valence-corrected chi connectivity index (χ0v) is 19.5. The van der Waals surface area contributed by atoms with Crippen LogP contribution < -0.4 is 5.32 Å². The molecule has 0 saturated carbocycles. The molecule has 1 amide bonds. The van der Waals surface area contributed by atoms with E-state index in [0.717, 1.165) is 25.7 Å². The quantitative estimate of drug-likeness (QED) is 0.708. The zero-order chi connectivity index (χ0) is 22.9. The number of carbonyl (C=O) groups excluding carboxylic acids is 1. The first-order valence-corrected chi connectivity index (χ1v) is 13.6. The second kappa shape index (κ2) is 8.80. The number of anilines is 1. The fourth-order valence-corrected chi connectivity index (χ4v) is 6.72. The predicted molar refractivity (Wildman–Crippen MR) is 122 cm³/mol. The molecule has 0 radical (unpaired) electrons. The van der Waals surface area contributed by atoms with Crippen molar-refractivity contribution in [3.05, 3.63) is 47.7 Å². The lowest BCUT2D eigenvalue weighted by Gasteiger charge is -2.28. The number of amidine groups is 1. The minimum atomic E-state index is -3.69. The molecule has 3 aliphatic heterocycles. The van der Waals surface area contributed by atoms with E-state index in [2.05, 4.69) is 9.71 Å². The van der Waals surface area contributed by atoms with Crippen molar-refractivity contribution in [1.29, 1.82) is 0 Å². The number of benzene rings is 1. The summed E-state index contributed by atoms with van der Waals surface area (Å²) in [6, 6.07) is 4.75. The molecule has 1 saturated heterocycles. The van der Waals surface area contributed by atoms with Gasteiger partial charge in [0, 0.05) is 31.5 Å². The van der Waals surface area contributed by atoms with Gasteiger partial charge in [0.2, 0.25) is 10.0 Å². The summed E-state index contributed by atoms with van der Waals surface area (Å²) in [4.78, 5) is 14.7. The van der Waals surface area contributed by atoms with E-state index in [1.807, 2.05) is 0 Å². The number of rotatable bonds is 4. The van der Waals surface area contributed by atoms with Gasteiger partial charge < -0.3 is 10.2 Å². The van der Waals surface area contributed by atoms with Crippen LogP contribution in [0.2, 0.25) is 0 Å². The lowest BCUT2D eigenvalue weighted by Crippen LogP contribution is -2.40. The normalized spacial score (nSPS) is 21.2. The summed E-state index contributed by atoms with van der Waals surface area (Å²) in [7, 11) is -7.32. The second-order valence-electron chi connectivity index (χ2n) is 8.07. The molecule has 11 heteroatoms. The van der Waals surface area contributed by atoms with Crippen LogP contribution in [0.15, 0.2) is 51.4 Å². The number of amides is 1. The van der Waals surface area contributed by atoms with Crippen molar-refractivity contribution in [2.75, 3.05) is 30.7 Å². The highest BCUT2D eigenvalue weighted by atomic mass is 32.2. The second-order valence-corrected chi connectivity index (χ2v) is 11.7. The van der Waals surface area contributed by atoms with Gasteiger partial charge in [-0.15, -0.1) is 4.40 Å². The molecule has 1 aromatic rings. The molecule has 172 valence electrons. The number of allylic oxidation sites excluding steroid dienone is 2. The molecule has 0 aliphatic carbocycles. The molecule has 32 heavy (non-hydrogen) atoms. The molecule has 4 rings (SSSR count). The molecular formula is C21H26N4O5S2. The minimum Gasteiger partial charge on any atom is -0.331 e. The summed E-state index contributed by atoms with van der Waals surface area (Å²) in [6.07, 6.45) is 8.51. The number of hydrogen-bond acceptors (Lipinski definition) is 6. The summed E-state index contributed by atoms with van der Waals surface area (Å²) in [5.74, 6) is -0.608. The van der Waals surface area contributed by atoms with Gasteiger partial charge in [-0.3, -0.25) is 4.79 Å². The highest BCUT2D eigenvalue weighted by Crippen LogP contribution is 2.27. The third-order valence-electron chi connectivity index (χ3n) is 5.73. The Balaban J connectivity index is 1.60. The van der Waals surface area contributed by atoms with Gasteiger partial charge in [-0.05, 0) is 49.6 Å². The average molecular weight is 479 g/mol. The summed E-state index contributed by atoms with van der Waals surface area (Å²) >= 11 is 0. The van der Waals surface area contributed by atoms with Crippen molar-refractivity contribution in [3.63, 3.8) is 0 Å². The van der Waals surface area contributed by atoms with Crippen LogP contribution in [0.4, 0.5) is 5.69 Å². The fraction of sp³-hybridized carbons (Fsp3) is 0.429. The number of sulfonamides is 2. The summed E-state index contributed by atoms with van der Waals surface area (Å²) < 4.78 is 55.7. The highest BCUT2D eigenvalue weighted by molar-refractivity contribution is 7.90. The molecule has 0 spiro atoms. The molecule has 3 aliphatic rings. The lowest BCUT2D eigenvalue weighted by atomic mass is 10.1. The van der Waals surface area contributed by atoms with Crippen LogP contribution in [0, 0.1) is 6.92 Å². The Labute approximate surface area is 188 Å². The smallest absolute Gasteiger partial charge is 0.259 e. The maximum atomic E-state index is 13.3. The number of nitrogens with zero attached hydrogens (tertiary/aromatic N) is 3. The standard InChI is InChI=1S/C21H26N4O5S2/c1-16-8-9-17(15-19(16)32(29,30)25-11-4-2-3-5-12-25)22-21(26)18-7-6-10-24-13-14-31(27,28)23-20(18)24/h6-10,15H,2-5,11-14H2,1H3,(H,22,26). The number of hydrogen-bond donors (Lipinski definition) is 1. The van der Waals surface area contributed by atoms with Crippen molar-refractivity contribution in [2.24, 2.45) is 4.40 Å². The molecule has 1 aromatic carbocycles. The summed E-state index contributed by atoms with van der Waals surface area (Å²) in [5.41, 5.74) is 1.02. The van der Waals surface area contributed by atoms with Crippen molar-refractivity contribution in [1.82, 2.24) is 9.21 Å². The summed E-state index contributed by atoms with van der Waals surface area (Å²) in [5, 5.41) is 2.70. The molecule has 3 heterocycles. The Kier molecular flexibility index (Phi) is 6.24. The van der Waals surface area contributed by atoms with Crippen LogP contribution in [-0.4, -0.2) is 63.2 Å². The van der Waals surface area contributed by atoms with E-state index in [9.17, 15) is 21.6 Å². The monoisotopic (exact) mass is 478 g/mol. The highest BCUT2D eigenvalue weighted by Gasteiger charge is 2.31. The van der Waals surface area contributed by atoms with Gasteiger partial charge in [-0.2, -0.15) is 4.31 Å². The van der Waals surface area contributed by atoms with Crippen LogP contribution in [0.3, 0.4) is 0 Å². The molecule has 0 atom stereocenters. The number of carbonyl (C=O) groups is 1. The zero-order valence-electron chi connectivity index (χ0n) is 17.8. The van der Waals surface area contributed by atoms with E-state index in [4.69, 9.17) is 0 Å². The Morgan fingerprint density at radius 2 is 1.81 bits per heavy atom. The average Bonchev–Trinajstić information content (AvgIpc) is 3.04. The van der Waals surface area contributed by atoms with Gasteiger partial charge >= 0.3 is 0 Å². The van der Waals surface area contributed by atoms with Gasteiger partial charge in [-0.25, -0.2) is 16.8 Å². The van der Waals surface area contributed by atoms with Gasteiger partial charge in [-0.1, -0.05) is 18.9 Å². The largest absolute Gasteiger partial charge is 0.331 e. The number of nitrogens with one attached hydrogen (secondary N) is 1. The topological polar surface area (TPSA) is 116 Å². The van der Waals surface area contributed by atoms with Crippen molar-refractivity contribution in [2.45, 2.75) is 37.5 Å². The van der Waals surface area contributed by atoms with Crippen LogP contribution in [0.5, 0.6) is 0 Å². The van der Waals surface area contributed by atoms with Crippen LogP contribution in [-0.2, 0) is 24.8 Å².